The molecule has 1 saturated carbocycles. The van der Waals surface area contributed by atoms with Crippen LogP contribution in [0.3, 0.4) is 0 Å². The molecule has 1 heterocycles. The summed E-state index contributed by atoms with van der Waals surface area (Å²) in [6.07, 6.45) is 5.43. The van der Waals surface area contributed by atoms with E-state index < -0.39 is 0 Å². The molecule has 1 N–H and O–H groups in total. The molecule has 1 fully saturated rings. The van der Waals surface area contributed by atoms with E-state index in [-0.39, 0.29) is 5.41 Å². The van der Waals surface area contributed by atoms with Crippen molar-refractivity contribution in [1.82, 2.24) is 15.5 Å². The highest BCUT2D eigenvalue weighted by Gasteiger charge is 2.42. The second-order valence-electron chi connectivity index (χ2n) is 6.06. The van der Waals surface area contributed by atoms with Gasteiger partial charge in [0.15, 0.2) is 5.82 Å². The number of rotatable bonds is 5. The Balaban J connectivity index is 1.92. The second kappa shape index (κ2) is 5.98. The Hall–Kier alpha value is -1.68. The van der Waals surface area contributed by atoms with Crippen LogP contribution in [0.1, 0.15) is 49.9 Å². The van der Waals surface area contributed by atoms with Gasteiger partial charge in [-0.15, -0.1) is 0 Å². The minimum atomic E-state index is -0.0740. The predicted molar refractivity (Wildman–Crippen MR) is 82.2 cm³/mol. The fourth-order valence-corrected chi connectivity index (χ4v) is 3.27. The number of aromatic nitrogens is 2. The fourth-order valence-electron chi connectivity index (χ4n) is 3.27. The molecule has 1 atom stereocenters. The van der Waals surface area contributed by atoms with E-state index in [2.05, 4.69) is 47.7 Å². The van der Waals surface area contributed by atoms with Gasteiger partial charge in [-0.2, -0.15) is 4.98 Å². The van der Waals surface area contributed by atoms with Gasteiger partial charge in [0.05, 0.1) is 5.41 Å². The van der Waals surface area contributed by atoms with Gasteiger partial charge in [0.1, 0.15) is 0 Å². The van der Waals surface area contributed by atoms with Gasteiger partial charge in [-0.25, -0.2) is 0 Å². The third-order valence-corrected chi connectivity index (χ3v) is 4.64. The molecule has 1 aliphatic carbocycles. The van der Waals surface area contributed by atoms with Crippen LogP contribution >= 0.6 is 0 Å². The third kappa shape index (κ3) is 2.72. The van der Waals surface area contributed by atoms with Gasteiger partial charge in [0.25, 0.3) is 0 Å². The van der Waals surface area contributed by atoms with Crippen molar-refractivity contribution >= 4 is 0 Å². The van der Waals surface area contributed by atoms with Crippen molar-refractivity contribution < 1.29 is 4.52 Å². The van der Waals surface area contributed by atoms with E-state index in [1.807, 2.05) is 7.05 Å². The van der Waals surface area contributed by atoms with Crippen molar-refractivity contribution in [3.05, 3.63) is 47.6 Å². The lowest BCUT2D eigenvalue weighted by molar-refractivity contribution is 0.308. The maximum atomic E-state index is 5.66. The maximum Gasteiger partial charge on any atom is 0.237 e. The Morgan fingerprint density at radius 1 is 1.24 bits per heavy atom. The van der Waals surface area contributed by atoms with Crippen LogP contribution in [0, 0.1) is 0 Å². The molecule has 3 rings (SSSR count). The normalized spacial score (nSPS) is 18.8. The van der Waals surface area contributed by atoms with E-state index in [9.17, 15) is 0 Å². The monoisotopic (exact) mass is 285 g/mol. The van der Waals surface area contributed by atoms with E-state index in [0.29, 0.717) is 6.04 Å². The van der Waals surface area contributed by atoms with E-state index in [1.165, 1.54) is 18.4 Å². The number of hydrogen-bond acceptors (Lipinski definition) is 4. The summed E-state index contributed by atoms with van der Waals surface area (Å²) < 4.78 is 5.66. The summed E-state index contributed by atoms with van der Waals surface area (Å²) in [4.78, 5) is 4.71. The highest BCUT2D eigenvalue weighted by Crippen LogP contribution is 2.45. The van der Waals surface area contributed by atoms with Gasteiger partial charge in [-0.3, -0.25) is 0 Å². The first-order valence-corrected chi connectivity index (χ1v) is 7.80. The molecular formula is C17H23N3O. The summed E-state index contributed by atoms with van der Waals surface area (Å²) in [5.41, 5.74) is 1.23. The van der Waals surface area contributed by atoms with Crippen LogP contribution < -0.4 is 5.32 Å². The van der Waals surface area contributed by atoms with Gasteiger partial charge in [0.2, 0.25) is 5.89 Å². The van der Waals surface area contributed by atoms with Gasteiger partial charge < -0.3 is 9.84 Å². The maximum absolute atomic E-state index is 5.66. The second-order valence-corrected chi connectivity index (χ2v) is 6.06. The average Bonchev–Trinajstić information content (AvgIpc) is 3.17. The number of hydrogen-bond donors (Lipinski definition) is 1. The van der Waals surface area contributed by atoms with Crippen LogP contribution in [0.25, 0.3) is 0 Å². The first-order valence-electron chi connectivity index (χ1n) is 7.80. The summed E-state index contributed by atoms with van der Waals surface area (Å²) >= 11 is 0. The molecule has 112 valence electrons. The third-order valence-electron chi connectivity index (χ3n) is 4.64. The molecule has 2 aromatic rings. The van der Waals surface area contributed by atoms with Crippen LogP contribution in [0.5, 0.6) is 0 Å². The standard InChI is InChI=1S/C17H23N3O/c1-13(18-2)12-15-19-16(21-20-15)17(10-6-7-11-17)14-8-4-3-5-9-14/h3-5,8-9,13,18H,6-7,10-12H2,1-2H3. The lowest BCUT2D eigenvalue weighted by Gasteiger charge is -2.25. The molecule has 1 unspecified atom stereocenters. The topological polar surface area (TPSA) is 51.0 Å². The van der Waals surface area contributed by atoms with E-state index in [0.717, 1.165) is 31.0 Å². The number of likely N-dealkylation sites (N-methyl/N-ethyl adjacent to an activating group) is 1. The Morgan fingerprint density at radius 3 is 2.62 bits per heavy atom. The Bertz CT molecular complexity index is 573. The Morgan fingerprint density at radius 2 is 1.95 bits per heavy atom. The summed E-state index contributed by atoms with van der Waals surface area (Å²) in [6, 6.07) is 11.0. The van der Waals surface area contributed by atoms with Crippen LogP contribution in [0.2, 0.25) is 0 Å². The minimum Gasteiger partial charge on any atom is -0.338 e. The van der Waals surface area contributed by atoms with Gasteiger partial charge in [0, 0.05) is 12.5 Å². The molecule has 1 aromatic carbocycles. The molecule has 0 bridgehead atoms. The number of benzene rings is 1. The van der Waals surface area contributed by atoms with Crippen molar-refractivity contribution in [2.24, 2.45) is 0 Å². The minimum absolute atomic E-state index is 0.0740. The molecule has 0 spiro atoms. The first-order chi connectivity index (χ1) is 10.2. The van der Waals surface area contributed by atoms with Crippen molar-refractivity contribution in [3.8, 4) is 0 Å². The van der Waals surface area contributed by atoms with E-state index in [1.54, 1.807) is 0 Å². The molecule has 0 amide bonds. The average molecular weight is 285 g/mol. The zero-order valence-electron chi connectivity index (χ0n) is 12.8. The zero-order valence-corrected chi connectivity index (χ0v) is 12.8. The lowest BCUT2D eigenvalue weighted by Crippen LogP contribution is -2.25. The fraction of sp³-hybridized carbons (Fsp3) is 0.529. The molecule has 1 aromatic heterocycles. The lowest BCUT2D eigenvalue weighted by atomic mass is 9.79. The van der Waals surface area contributed by atoms with Gasteiger partial charge in [-0.05, 0) is 32.4 Å². The van der Waals surface area contributed by atoms with Crippen LogP contribution in [0.4, 0.5) is 0 Å². The zero-order chi connectivity index (χ0) is 14.7. The molecule has 0 radical (unpaired) electrons. The highest BCUT2D eigenvalue weighted by molar-refractivity contribution is 5.33. The first kappa shape index (κ1) is 14.3. The highest BCUT2D eigenvalue weighted by atomic mass is 16.5. The van der Waals surface area contributed by atoms with Crippen molar-refractivity contribution in [1.29, 1.82) is 0 Å². The SMILES string of the molecule is CNC(C)Cc1noc(C2(c3ccccc3)CCCC2)n1. The number of nitrogens with zero attached hydrogens (tertiary/aromatic N) is 2. The summed E-state index contributed by atoms with van der Waals surface area (Å²) in [6.45, 7) is 2.12. The van der Waals surface area contributed by atoms with Crippen LogP contribution in [-0.4, -0.2) is 23.2 Å². The molecule has 0 saturated heterocycles. The van der Waals surface area contributed by atoms with E-state index in [4.69, 9.17) is 9.51 Å². The summed E-state index contributed by atoms with van der Waals surface area (Å²) in [5, 5.41) is 7.40. The smallest absolute Gasteiger partial charge is 0.237 e. The van der Waals surface area contributed by atoms with E-state index >= 15 is 0 Å². The van der Waals surface area contributed by atoms with Gasteiger partial charge in [-0.1, -0.05) is 48.3 Å². The largest absolute Gasteiger partial charge is 0.338 e. The molecule has 0 aliphatic heterocycles. The summed E-state index contributed by atoms with van der Waals surface area (Å²) in [7, 11) is 1.95. The number of nitrogens with one attached hydrogen (secondary N) is 1. The van der Waals surface area contributed by atoms with Crippen LogP contribution in [-0.2, 0) is 11.8 Å². The van der Waals surface area contributed by atoms with Crippen LogP contribution in [0.15, 0.2) is 34.9 Å². The van der Waals surface area contributed by atoms with Crippen molar-refractivity contribution in [2.75, 3.05) is 7.05 Å². The Labute approximate surface area is 126 Å². The molecule has 21 heavy (non-hydrogen) atoms. The quantitative estimate of drug-likeness (QED) is 0.917. The Kier molecular flexibility index (Phi) is 4.06. The van der Waals surface area contributed by atoms with Crippen molar-refractivity contribution in [2.45, 2.75) is 50.5 Å². The molecular weight excluding hydrogens is 262 g/mol. The molecule has 4 heteroatoms. The summed E-state index contributed by atoms with van der Waals surface area (Å²) in [5.74, 6) is 1.60. The molecule has 1 aliphatic rings. The predicted octanol–water partition coefficient (Wildman–Crippen LogP) is 3.08. The molecule has 4 nitrogen and oxygen atoms in total. The van der Waals surface area contributed by atoms with Crippen molar-refractivity contribution in [3.63, 3.8) is 0 Å². The van der Waals surface area contributed by atoms with Gasteiger partial charge >= 0.3 is 0 Å².